The molecule has 4 heteroatoms. The van der Waals surface area contributed by atoms with Gasteiger partial charge >= 0.3 is 0 Å². The van der Waals surface area contributed by atoms with Gasteiger partial charge < -0.3 is 10.1 Å². The molecule has 0 aliphatic heterocycles. The second-order valence-corrected chi connectivity index (χ2v) is 5.17. The standard InChI is InChI=1S/C17H19F2NO/c1-11(2)20-10-12-7-8-13(15(18)9-12)14-5-4-6-16(21-3)17(14)19/h4-9,11,20H,10H2,1-3H3. The van der Waals surface area contributed by atoms with E-state index in [2.05, 4.69) is 5.32 Å². The first-order valence-electron chi connectivity index (χ1n) is 6.87. The molecule has 0 aromatic heterocycles. The molecule has 0 aliphatic carbocycles. The number of halogens is 2. The number of benzene rings is 2. The van der Waals surface area contributed by atoms with E-state index >= 15 is 0 Å². The first-order chi connectivity index (χ1) is 10.0. The van der Waals surface area contributed by atoms with E-state index in [9.17, 15) is 8.78 Å². The molecule has 0 heterocycles. The summed E-state index contributed by atoms with van der Waals surface area (Å²) in [4.78, 5) is 0. The highest BCUT2D eigenvalue weighted by Gasteiger charge is 2.14. The molecule has 2 aromatic carbocycles. The van der Waals surface area contributed by atoms with Crippen LogP contribution in [-0.2, 0) is 6.54 Å². The molecule has 0 fully saturated rings. The molecule has 0 saturated carbocycles. The fraction of sp³-hybridized carbons (Fsp3) is 0.294. The minimum Gasteiger partial charge on any atom is -0.494 e. The van der Waals surface area contributed by atoms with Gasteiger partial charge in [-0.15, -0.1) is 0 Å². The van der Waals surface area contributed by atoms with Crippen LogP contribution in [0.15, 0.2) is 36.4 Å². The lowest BCUT2D eigenvalue weighted by atomic mass is 10.0. The van der Waals surface area contributed by atoms with Crippen molar-refractivity contribution in [2.24, 2.45) is 0 Å². The predicted molar refractivity (Wildman–Crippen MR) is 80.3 cm³/mol. The largest absolute Gasteiger partial charge is 0.494 e. The van der Waals surface area contributed by atoms with Crippen LogP contribution in [0.4, 0.5) is 8.78 Å². The third-order valence-corrected chi connectivity index (χ3v) is 3.22. The summed E-state index contributed by atoms with van der Waals surface area (Å²) in [5.41, 5.74) is 1.27. The van der Waals surface area contributed by atoms with Crippen molar-refractivity contribution in [3.8, 4) is 16.9 Å². The van der Waals surface area contributed by atoms with E-state index in [4.69, 9.17) is 4.74 Å². The summed E-state index contributed by atoms with van der Waals surface area (Å²) in [5.74, 6) is -0.880. The lowest BCUT2D eigenvalue weighted by Crippen LogP contribution is -2.21. The molecular formula is C17H19F2NO. The van der Waals surface area contributed by atoms with Gasteiger partial charge in [0.2, 0.25) is 0 Å². The molecule has 2 nitrogen and oxygen atoms in total. The second-order valence-electron chi connectivity index (χ2n) is 5.17. The average Bonchev–Trinajstić information content (AvgIpc) is 2.46. The Morgan fingerprint density at radius 1 is 1.10 bits per heavy atom. The third-order valence-electron chi connectivity index (χ3n) is 3.22. The van der Waals surface area contributed by atoms with Crippen molar-refractivity contribution < 1.29 is 13.5 Å². The van der Waals surface area contributed by atoms with Crippen molar-refractivity contribution in [2.75, 3.05) is 7.11 Å². The van der Waals surface area contributed by atoms with E-state index in [1.807, 2.05) is 13.8 Å². The van der Waals surface area contributed by atoms with Crippen molar-refractivity contribution in [3.63, 3.8) is 0 Å². The second kappa shape index (κ2) is 6.68. The number of hydrogen-bond acceptors (Lipinski definition) is 2. The fourth-order valence-electron chi connectivity index (χ4n) is 2.09. The topological polar surface area (TPSA) is 21.3 Å². The summed E-state index contributed by atoms with van der Waals surface area (Å²) in [6.45, 7) is 4.63. The Bertz CT molecular complexity index is 626. The molecule has 0 aliphatic rings. The van der Waals surface area contributed by atoms with Crippen molar-refractivity contribution in [2.45, 2.75) is 26.4 Å². The maximum Gasteiger partial charge on any atom is 0.172 e. The fourth-order valence-corrected chi connectivity index (χ4v) is 2.09. The van der Waals surface area contributed by atoms with Crippen molar-refractivity contribution in [1.82, 2.24) is 5.32 Å². The van der Waals surface area contributed by atoms with Crippen molar-refractivity contribution in [3.05, 3.63) is 53.6 Å². The van der Waals surface area contributed by atoms with Crippen LogP contribution in [0.25, 0.3) is 11.1 Å². The molecule has 0 amide bonds. The molecule has 21 heavy (non-hydrogen) atoms. The van der Waals surface area contributed by atoms with Crippen LogP contribution in [0.2, 0.25) is 0 Å². The highest BCUT2D eigenvalue weighted by Crippen LogP contribution is 2.31. The Morgan fingerprint density at radius 2 is 1.86 bits per heavy atom. The predicted octanol–water partition coefficient (Wildman–Crippen LogP) is 4.14. The van der Waals surface area contributed by atoms with E-state index in [-0.39, 0.29) is 16.9 Å². The number of rotatable bonds is 5. The smallest absolute Gasteiger partial charge is 0.172 e. The molecule has 2 aromatic rings. The number of nitrogens with one attached hydrogen (secondary N) is 1. The Balaban J connectivity index is 2.33. The first-order valence-corrected chi connectivity index (χ1v) is 6.87. The van der Waals surface area contributed by atoms with Crippen LogP contribution in [-0.4, -0.2) is 13.2 Å². The summed E-state index contributed by atoms with van der Waals surface area (Å²) in [6, 6.07) is 9.86. The molecule has 0 spiro atoms. The quantitative estimate of drug-likeness (QED) is 0.894. The van der Waals surface area contributed by atoms with Gasteiger partial charge in [-0.3, -0.25) is 0 Å². The molecule has 112 valence electrons. The summed E-state index contributed by atoms with van der Waals surface area (Å²) in [7, 11) is 1.39. The zero-order valence-corrected chi connectivity index (χ0v) is 12.4. The van der Waals surface area contributed by atoms with Gasteiger partial charge in [-0.1, -0.05) is 38.1 Å². The van der Waals surface area contributed by atoms with Gasteiger partial charge in [-0.05, 0) is 17.7 Å². The van der Waals surface area contributed by atoms with Gasteiger partial charge in [0.1, 0.15) is 5.82 Å². The summed E-state index contributed by atoms with van der Waals surface area (Å²) in [5, 5.41) is 3.22. The summed E-state index contributed by atoms with van der Waals surface area (Å²) >= 11 is 0. The Morgan fingerprint density at radius 3 is 2.48 bits per heavy atom. The Hall–Kier alpha value is -1.94. The van der Waals surface area contributed by atoms with Crippen LogP contribution in [0.1, 0.15) is 19.4 Å². The first kappa shape index (κ1) is 15.4. The van der Waals surface area contributed by atoms with E-state index < -0.39 is 11.6 Å². The molecule has 0 radical (unpaired) electrons. The number of ether oxygens (including phenoxy) is 1. The number of hydrogen-bond donors (Lipinski definition) is 1. The van der Waals surface area contributed by atoms with Crippen LogP contribution in [0.3, 0.4) is 0 Å². The third kappa shape index (κ3) is 3.58. The van der Waals surface area contributed by atoms with E-state index in [0.29, 0.717) is 12.6 Å². The normalized spacial score (nSPS) is 11.0. The minimum atomic E-state index is -0.549. The zero-order chi connectivity index (χ0) is 15.4. The maximum absolute atomic E-state index is 14.2. The minimum absolute atomic E-state index is 0.109. The van der Waals surface area contributed by atoms with E-state index in [1.54, 1.807) is 24.3 Å². The van der Waals surface area contributed by atoms with E-state index in [0.717, 1.165) is 5.56 Å². The van der Waals surface area contributed by atoms with Crippen LogP contribution in [0, 0.1) is 11.6 Å². The van der Waals surface area contributed by atoms with Gasteiger partial charge in [-0.2, -0.15) is 0 Å². The monoisotopic (exact) mass is 291 g/mol. The van der Waals surface area contributed by atoms with Crippen LogP contribution < -0.4 is 10.1 Å². The molecular weight excluding hydrogens is 272 g/mol. The van der Waals surface area contributed by atoms with Gasteiger partial charge in [-0.25, -0.2) is 8.78 Å². The Labute approximate surface area is 123 Å². The molecule has 1 N–H and O–H groups in total. The lowest BCUT2D eigenvalue weighted by Gasteiger charge is -2.11. The molecule has 0 saturated heterocycles. The summed E-state index contributed by atoms with van der Waals surface area (Å²) < 4.78 is 33.4. The average molecular weight is 291 g/mol. The summed E-state index contributed by atoms with van der Waals surface area (Å²) in [6.07, 6.45) is 0. The Kier molecular flexibility index (Phi) is 4.91. The molecule has 0 bridgehead atoms. The molecule has 0 atom stereocenters. The highest BCUT2D eigenvalue weighted by atomic mass is 19.1. The highest BCUT2D eigenvalue weighted by molar-refractivity contribution is 5.67. The van der Waals surface area contributed by atoms with Crippen LogP contribution in [0.5, 0.6) is 5.75 Å². The van der Waals surface area contributed by atoms with Crippen molar-refractivity contribution in [1.29, 1.82) is 0 Å². The molecule has 0 unspecified atom stereocenters. The van der Waals surface area contributed by atoms with Gasteiger partial charge in [0.25, 0.3) is 0 Å². The maximum atomic E-state index is 14.2. The number of methoxy groups -OCH3 is 1. The SMILES string of the molecule is COc1cccc(-c2ccc(CNC(C)C)cc2F)c1F. The van der Waals surface area contributed by atoms with Gasteiger partial charge in [0.05, 0.1) is 7.11 Å². The van der Waals surface area contributed by atoms with Crippen molar-refractivity contribution >= 4 is 0 Å². The zero-order valence-electron chi connectivity index (χ0n) is 12.4. The lowest BCUT2D eigenvalue weighted by molar-refractivity contribution is 0.387. The molecule has 2 rings (SSSR count). The van der Waals surface area contributed by atoms with Crippen LogP contribution >= 0.6 is 0 Å². The van der Waals surface area contributed by atoms with Gasteiger partial charge in [0, 0.05) is 23.7 Å². The van der Waals surface area contributed by atoms with Gasteiger partial charge in [0.15, 0.2) is 11.6 Å². The van der Waals surface area contributed by atoms with E-state index in [1.165, 1.54) is 19.2 Å².